The maximum absolute atomic E-state index is 13.1. The zero-order chi connectivity index (χ0) is 18.7. The van der Waals surface area contributed by atoms with Crippen LogP contribution in [0.1, 0.15) is 26.7 Å². The molecule has 0 aliphatic carbocycles. The summed E-state index contributed by atoms with van der Waals surface area (Å²) in [6, 6.07) is 6.77. The van der Waals surface area contributed by atoms with Crippen LogP contribution in [-0.2, 0) is 4.79 Å². The molecule has 1 aromatic carbocycles. The third kappa shape index (κ3) is 4.35. The fraction of sp³-hybridized carbons (Fsp3) is 0.650. The summed E-state index contributed by atoms with van der Waals surface area (Å²) in [5, 5.41) is 0. The van der Waals surface area contributed by atoms with Gasteiger partial charge in [-0.1, -0.05) is 0 Å². The Hall–Kier alpha value is -1.66. The fourth-order valence-corrected chi connectivity index (χ4v) is 4.09. The first kappa shape index (κ1) is 19.1. The van der Waals surface area contributed by atoms with Gasteiger partial charge in [0.05, 0.1) is 6.04 Å². The summed E-state index contributed by atoms with van der Waals surface area (Å²) in [6.07, 6.45) is 2.02. The Kier molecular flexibility index (Phi) is 6.14. The lowest BCUT2D eigenvalue weighted by atomic mass is 9.90. The van der Waals surface area contributed by atoms with Crippen molar-refractivity contribution < 1.29 is 9.18 Å². The van der Waals surface area contributed by atoms with E-state index in [2.05, 4.69) is 16.7 Å². The SMILES string of the molecule is CC(N)C1CCN(C(=O)C(C)N2CCN(c3ccc(F)cc3)CC2)CC1. The number of rotatable bonds is 4. The van der Waals surface area contributed by atoms with E-state index in [-0.39, 0.29) is 23.8 Å². The normalized spacial score (nSPS) is 22.3. The van der Waals surface area contributed by atoms with Crippen molar-refractivity contribution in [2.45, 2.75) is 38.8 Å². The number of nitrogens with zero attached hydrogens (tertiary/aromatic N) is 3. The van der Waals surface area contributed by atoms with Gasteiger partial charge in [0.15, 0.2) is 0 Å². The molecule has 6 heteroatoms. The van der Waals surface area contributed by atoms with Crippen molar-refractivity contribution >= 4 is 11.6 Å². The van der Waals surface area contributed by atoms with Gasteiger partial charge in [0.25, 0.3) is 0 Å². The predicted molar refractivity (Wildman–Crippen MR) is 103 cm³/mol. The lowest BCUT2D eigenvalue weighted by molar-refractivity contribution is -0.138. The lowest BCUT2D eigenvalue weighted by Gasteiger charge is -2.41. The van der Waals surface area contributed by atoms with E-state index in [1.54, 1.807) is 0 Å². The topological polar surface area (TPSA) is 52.8 Å². The molecule has 26 heavy (non-hydrogen) atoms. The number of halogens is 1. The molecule has 144 valence electrons. The predicted octanol–water partition coefficient (Wildman–Crippen LogP) is 1.92. The standard InChI is InChI=1S/C20H31FN4O/c1-15(22)17-7-9-25(10-8-17)20(26)16(2)23-11-13-24(14-12-23)19-5-3-18(21)4-6-19/h3-6,15-17H,7-14,22H2,1-2H3. The number of hydrogen-bond donors (Lipinski definition) is 1. The van der Waals surface area contributed by atoms with Crippen LogP contribution >= 0.6 is 0 Å². The Bertz CT molecular complexity index is 590. The first-order valence-electron chi connectivity index (χ1n) is 9.74. The molecule has 2 atom stereocenters. The molecule has 2 N–H and O–H groups in total. The first-order chi connectivity index (χ1) is 12.5. The highest BCUT2D eigenvalue weighted by atomic mass is 19.1. The summed E-state index contributed by atoms with van der Waals surface area (Å²) in [6.45, 7) is 9.14. The van der Waals surface area contributed by atoms with Gasteiger partial charge < -0.3 is 15.5 Å². The summed E-state index contributed by atoms with van der Waals surface area (Å²) >= 11 is 0. The van der Waals surface area contributed by atoms with Gasteiger partial charge in [-0.05, 0) is 56.9 Å². The Morgan fingerprint density at radius 1 is 1.04 bits per heavy atom. The highest BCUT2D eigenvalue weighted by Crippen LogP contribution is 2.22. The molecule has 2 aliphatic heterocycles. The molecule has 2 fully saturated rings. The molecule has 2 heterocycles. The number of nitrogens with two attached hydrogens (primary N) is 1. The molecule has 1 aromatic rings. The molecule has 0 saturated carbocycles. The molecule has 2 saturated heterocycles. The zero-order valence-corrected chi connectivity index (χ0v) is 15.9. The first-order valence-corrected chi connectivity index (χ1v) is 9.74. The highest BCUT2D eigenvalue weighted by molar-refractivity contribution is 5.81. The van der Waals surface area contributed by atoms with Crippen molar-refractivity contribution in [2.75, 3.05) is 44.2 Å². The van der Waals surface area contributed by atoms with E-state index in [4.69, 9.17) is 5.73 Å². The number of anilines is 1. The minimum atomic E-state index is -0.209. The second-order valence-electron chi connectivity index (χ2n) is 7.70. The zero-order valence-electron chi connectivity index (χ0n) is 15.9. The molecule has 5 nitrogen and oxygen atoms in total. The maximum Gasteiger partial charge on any atom is 0.239 e. The van der Waals surface area contributed by atoms with Gasteiger partial charge >= 0.3 is 0 Å². The Balaban J connectivity index is 1.49. The monoisotopic (exact) mass is 362 g/mol. The molecule has 1 amide bonds. The molecule has 0 spiro atoms. The van der Waals surface area contributed by atoms with Crippen LogP contribution in [0.2, 0.25) is 0 Å². The van der Waals surface area contributed by atoms with E-state index in [1.165, 1.54) is 12.1 Å². The fourth-order valence-electron chi connectivity index (χ4n) is 4.09. The van der Waals surface area contributed by atoms with Gasteiger partial charge in [-0.15, -0.1) is 0 Å². The maximum atomic E-state index is 13.1. The second kappa shape index (κ2) is 8.35. The molecule has 0 radical (unpaired) electrons. The molecular weight excluding hydrogens is 331 g/mol. The van der Waals surface area contributed by atoms with Crippen LogP contribution in [0.15, 0.2) is 24.3 Å². The van der Waals surface area contributed by atoms with Crippen molar-refractivity contribution in [2.24, 2.45) is 11.7 Å². The number of benzene rings is 1. The van der Waals surface area contributed by atoms with Gasteiger partial charge in [0, 0.05) is 51.0 Å². The van der Waals surface area contributed by atoms with Crippen LogP contribution in [0, 0.1) is 11.7 Å². The summed E-state index contributed by atoms with van der Waals surface area (Å²) in [7, 11) is 0. The number of hydrogen-bond acceptors (Lipinski definition) is 4. The molecule has 0 bridgehead atoms. The van der Waals surface area contributed by atoms with Gasteiger partial charge in [-0.25, -0.2) is 4.39 Å². The van der Waals surface area contributed by atoms with Crippen LogP contribution in [0.5, 0.6) is 0 Å². The number of carbonyl (C=O) groups is 1. The van der Waals surface area contributed by atoms with E-state index in [1.807, 2.05) is 24.0 Å². The third-order valence-corrected chi connectivity index (χ3v) is 6.01. The van der Waals surface area contributed by atoms with Crippen molar-refractivity contribution in [3.63, 3.8) is 0 Å². The molecular formula is C20H31FN4O. The Morgan fingerprint density at radius 3 is 2.15 bits per heavy atom. The molecule has 0 aromatic heterocycles. The van der Waals surface area contributed by atoms with E-state index in [0.29, 0.717) is 5.92 Å². The van der Waals surface area contributed by atoms with Crippen molar-refractivity contribution in [3.05, 3.63) is 30.1 Å². The average molecular weight is 362 g/mol. The molecule has 2 aliphatic rings. The average Bonchev–Trinajstić information content (AvgIpc) is 2.67. The Morgan fingerprint density at radius 2 is 1.62 bits per heavy atom. The third-order valence-electron chi connectivity index (χ3n) is 6.01. The smallest absolute Gasteiger partial charge is 0.239 e. The number of piperidine rings is 1. The molecule has 3 rings (SSSR count). The number of likely N-dealkylation sites (tertiary alicyclic amines) is 1. The van der Waals surface area contributed by atoms with Crippen molar-refractivity contribution in [3.8, 4) is 0 Å². The van der Waals surface area contributed by atoms with Crippen molar-refractivity contribution in [1.29, 1.82) is 0 Å². The number of amides is 1. The summed E-state index contributed by atoms with van der Waals surface area (Å²) in [5.41, 5.74) is 7.04. The van der Waals surface area contributed by atoms with Gasteiger partial charge in [0.1, 0.15) is 5.82 Å². The van der Waals surface area contributed by atoms with Gasteiger partial charge in [0.2, 0.25) is 5.91 Å². The second-order valence-corrected chi connectivity index (χ2v) is 7.70. The summed E-state index contributed by atoms with van der Waals surface area (Å²) in [5.74, 6) is 0.566. The largest absolute Gasteiger partial charge is 0.369 e. The lowest BCUT2D eigenvalue weighted by Crippen LogP contribution is -2.55. The van der Waals surface area contributed by atoms with Crippen LogP contribution in [0.3, 0.4) is 0 Å². The van der Waals surface area contributed by atoms with E-state index in [9.17, 15) is 9.18 Å². The van der Waals surface area contributed by atoms with Crippen LogP contribution in [0.25, 0.3) is 0 Å². The minimum absolute atomic E-state index is 0.0859. The van der Waals surface area contributed by atoms with Gasteiger partial charge in [-0.2, -0.15) is 0 Å². The number of piperazine rings is 1. The van der Waals surface area contributed by atoms with Crippen LogP contribution in [-0.4, -0.2) is 67.1 Å². The highest BCUT2D eigenvalue weighted by Gasteiger charge is 2.31. The quantitative estimate of drug-likeness (QED) is 0.889. The van der Waals surface area contributed by atoms with Gasteiger partial charge in [-0.3, -0.25) is 9.69 Å². The number of carbonyl (C=O) groups excluding carboxylic acids is 1. The van der Waals surface area contributed by atoms with E-state index in [0.717, 1.165) is 57.8 Å². The molecule has 2 unspecified atom stereocenters. The van der Waals surface area contributed by atoms with Crippen LogP contribution in [0.4, 0.5) is 10.1 Å². The van der Waals surface area contributed by atoms with E-state index < -0.39 is 0 Å². The van der Waals surface area contributed by atoms with Crippen LogP contribution < -0.4 is 10.6 Å². The summed E-state index contributed by atoms with van der Waals surface area (Å²) in [4.78, 5) is 19.4. The summed E-state index contributed by atoms with van der Waals surface area (Å²) < 4.78 is 13.1. The minimum Gasteiger partial charge on any atom is -0.369 e. The Labute approximate surface area is 155 Å². The van der Waals surface area contributed by atoms with E-state index >= 15 is 0 Å². The van der Waals surface area contributed by atoms with Crippen molar-refractivity contribution in [1.82, 2.24) is 9.80 Å².